The van der Waals surface area contributed by atoms with E-state index in [0.29, 0.717) is 12.0 Å². The number of benzene rings is 1. The molecule has 1 aromatic carbocycles. The zero-order valence-electron chi connectivity index (χ0n) is 17.8. The van der Waals surface area contributed by atoms with Crippen molar-refractivity contribution in [1.82, 2.24) is 15.5 Å². The third kappa shape index (κ3) is 9.04. The summed E-state index contributed by atoms with van der Waals surface area (Å²) in [6.07, 6.45) is 3.10. The monoisotopic (exact) mass is 390 g/mol. The highest BCUT2D eigenvalue weighted by Gasteiger charge is 2.15. The van der Waals surface area contributed by atoms with Crippen LogP contribution in [0.3, 0.4) is 0 Å². The molecule has 0 spiro atoms. The average molecular weight is 391 g/mol. The summed E-state index contributed by atoms with van der Waals surface area (Å²) in [7, 11) is 4.24. The highest BCUT2D eigenvalue weighted by molar-refractivity contribution is 5.79. The van der Waals surface area contributed by atoms with Gasteiger partial charge in [0, 0.05) is 38.3 Å². The Morgan fingerprint density at radius 3 is 2.79 bits per heavy atom. The molecule has 0 saturated carbocycles. The lowest BCUT2D eigenvalue weighted by Gasteiger charge is -2.23. The summed E-state index contributed by atoms with van der Waals surface area (Å²) in [4.78, 5) is 7.06. The topological polar surface area (TPSA) is 58.1 Å². The smallest absolute Gasteiger partial charge is 0.191 e. The van der Waals surface area contributed by atoms with E-state index in [2.05, 4.69) is 66.9 Å². The van der Waals surface area contributed by atoms with Gasteiger partial charge in [-0.1, -0.05) is 30.3 Å². The minimum atomic E-state index is 0.370. The molecule has 1 heterocycles. The van der Waals surface area contributed by atoms with Crippen LogP contribution in [0.5, 0.6) is 0 Å². The first kappa shape index (κ1) is 22.7. The first-order valence-electron chi connectivity index (χ1n) is 10.6. The van der Waals surface area contributed by atoms with Crippen LogP contribution in [0, 0.1) is 5.92 Å². The second-order valence-electron chi connectivity index (χ2n) is 7.61. The maximum Gasteiger partial charge on any atom is 0.191 e. The number of hydrogen-bond acceptors (Lipinski definition) is 4. The second kappa shape index (κ2) is 13.5. The van der Waals surface area contributed by atoms with Gasteiger partial charge in [0.05, 0.1) is 19.8 Å². The van der Waals surface area contributed by atoms with Gasteiger partial charge in [-0.3, -0.25) is 4.99 Å². The molecule has 1 aliphatic rings. The van der Waals surface area contributed by atoms with Crippen molar-refractivity contribution >= 4 is 5.96 Å². The predicted molar refractivity (Wildman–Crippen MR) is 116 cm³/mol. The van der Waals surface area contributed by atoms with Crippen molar-refractivity contribution < 1.29 is 9.47 Å². The summed E-state index contributed by atoms with van der Waals surface area (Å²) in [5.74, 6) is 1.46. The molecular formula is C22H38N4O2. The molecule has 0 aliphatic carbocycles. The lowest BCUT2D eigenvalue weighted by atomic mass is 10.1. The van der Waals surface area contributed by atoms with Gasteiger partial charge in [0.25, 0.3) is 0 Å². The van der Waals surface area contributed by atoms with Crippen molar-refractivity contribution in [2.24, 2.45) is 10.9 Å². The minimum Gasteiger partial charge on any atom is -0.381 e. The van der Waals surface area contributed by atoms with E-state index in [1.165, 1.54) is 5.56 Å². The molecule has 2 N–H and O–H groups in total. The van der Waals surface area contributed by atoms with Crippen molar-refractivity contribution in [3.05, 3.63) is 35.9 Å². The third-order valence-corrected chi connectivity index (χ3v) is 4.98. The molecule has 0 aromatic heterocycles. The van der Waals surface area contributed by atoms with Crippen LogP contribution in [0.25, 0.3) is 0 Å². The van der Waals surface area contributed by atoms with Crippen LogP contribution in [0.15, 0.2) is 35.3 Å². The molecule has 1 fully saturated rings. The number of likely N-dealkylation sites (N-methyl/N-ethyl adjacent to an activating group) is 1. The summed E-state index contributed by atoms with van der Waals surface area (Å²) in [6, 6.07) is 11.0. The Morgan fingerprint density at radius 1 is 1.29 bits per heavy atom. The van der Waals surface area contributed by atoms with Gasteiger partial charge in [-0.25, -0.2) is 0 Å². The Labute approximate surface area is 170 Å². The van der Waals surface area contributed by atoms with Gasteiger partial charge < -0.3 is 25.0 Å². The van der Waals surface area contributed by atoms with E-state index in [1.807, 2.05) is 0 Å². The van der Waals surface area contributed by atoms with Gasteiger partial charge >= 0.3 is 0 Å². The number of ether oxygens (including phenoxy) is 2. The zero-order chi connectivity index (χ0) is 20.0. The van der Waals surface area contributed by atoms with Crippen LogP contribution in [-0.2, 0) is 15.9 Å². The Balaban J connectivity index is 1.71. The van der Waals surface area contributed by atoms with E-state index in [-0.39, 0.29) is 0 Å². The van der Waals surface area contributed by atoms with E-state index in [1.54, 1.807) is 0 Å². The summed E-state index contributed by atoms with van der Waals surface area (Å²) in [6.45, 7) is 7.90. The lowest BCUT2D eigenvalue weighted by Crippen LogP contribution is -2.40. The van der Waals surface area contributed by atoms with Crippen LogP contribution in [0.1, 0.15) is 25.3 Å². The molecule has 2 unspecified atom stereocenters. The van der Waals surface area contributed by atoms with Gasteiger partial charge in [0.1, 0.15) is 0 Å². The molecule has 0 bridgehead atoms. The third-order valence-electron chi connectivity index (χ3n) is 4.98. The van der Waals surface area contributed by atoms with E-state index in [4.69, 9.17) is 14.5 Å². The maximum atomic E-state index is 5.77. The number of guanidine groups is 1. The normalized spacial score (nSPS) is 18.4. The van der Waals surface area contributed by atoms with Gasteiger partial charge in [-0.2, -0.15) is 0 Å². The highest BCUT2D eigenvalue weighted by atomic mass is 16.5. The SMILES string of the molecule is CCNC(=NCC(Cc1ccccc1)N(C)C)NCCCOCC1CCOC1. The summed E-state index contributed by atoms with van der Waals surface area (Å²) in [5.41, 5.74) is 1.35. The Kier molecular flexibility index (Phi) is 10.9. The second-order valence-corrected chi connectivity index (χ2v) is 7.61. The largest absolute Gasteiger partial charge is 0.381 e. The van der Waals surface area contributed by atoms with Crippen molar-refractivity contribution in [3.63, 3.8) is 0 Å². The van der Waals surface area contributed by atoms with Crippen molar-refractivity contribution in [3.8, 4) is 0 Å². The van der Waals surface area contributed by atoms with Crippen molar-refractivity contribution in [1.29, 1.82) is 0 Å². The molecule has 2 atom stereocenters. The molecule has 0 radical (unpaired) electrons. The standard InChI is InChI=1S/C22H38N4O2/c1-4-23-22(24-12-8-13-27-17-20-11-14-28-18-20)25-16-21(26(2)3)15-19-9-6-5-7-10-19/h5-7,9-10,20-21H,4,8,11-18H2,1-3H3,(H2,23,24,25). The molecule has 158 valence electrons. The number of nitrogens with one attached hydrogen (secondary N) is 2. The van der Waals surface area contributed by atoms with Gasteiger partial charge in [-0.15, -0.1) is 0 Å². The zero-order valence-corrected chi connectivity index (χ0v) is 17.8. The fraction of sp³-hybridized carbons (Fsp3) is 0.682. The minimum absolute atomic E-state index is 0.370. The quantitative estimate of drug-likeness (QED) is 0.325. The molecule has 1 saturated heterocycles. The van der Waals surface area contributed by atoms with E-state index in [9.17, 15) is 0 Å². The van der Waals surface area contributed by atoms with Crippen LogP contribution in [-0.4, -0.2) is 77.1 Å². The van der Waals surface area contributed by atoms with E-state index < -0.39 is 0 Å². The molecule has 6 nitrogen and oxygen atoms in total. The molecule has 2 rings (SSSR count). The highest BCUT2D eigenvalue weighted by Crippen LogP contribution is 2.12. The number of hydrogen-bond donors (Lipinski definition) is 2. The number of nitrogens with zero attached hydrogens (tertiary/aromatic N) is 2. The van der Waals surface area contributed by atoms with Crippen molar-refractivity contribution in [2.45, 2.75) is 32.2 Å². The Hall–Kier alpha value is -1.63. The maximum absolute atomic E-state index is 5.77. The fourth-order valence-electron chi connectivity index (χ4n) is 3.18. The Morgan fingerprint density at radius 2 is 2.11 bits per heavy atom. The summed E-state index contributed by atoms with van der Waals surface area (Å²) < 4.78 is 11.1. The van der Waals surface area contributed by atoms with Gasteiger partial charge in [0.2, 0.25) is 0 Å². The summed E-state index contributed by atoms with van der Waals surface area (Å²) in [5, 5.41) is 6.76. The fourth-order valence-corrected chi connectivity index (χ4v) is 3.18. The number of rotatable bonds is 12. The molecular weight excluding hydrogens is 352 g/mol. The molecule has 1 aromatic rings. The number of aliphatic imine (C=N–C) groups is 1. The lowest BCUT2D eigenvalue weighted by molar-refractivity contribution is 0.0888. The predicted octanol–water partition coefficient (Wildman–Crippen LogP) is 2.16. The van der Waals surface area contributed by atoms with Gasteiger partial charge in [0.15, 0.2) is 5.96 Å². The Bertz CT molecular complexity index is 545. The van der Waals surface area contributed by atoms with Crippen LogP contribution < -0.4 is 10.6 Å². The summed E-state index contributed by atoms with van der Waals surface area (Å²) >= 11 is 0. The van der Waals surface area contributed by atoms with E-state index >= 15 is 0 Å². The van der Waals surface area contributed by atoms with Crippen LogP contribution in [0.2, 0.25) is 0 Å². The average Bonchev–Trinajstić information content (AvgIpc) is 3.21. The molecule has 1 aliphatic heterocycles. The first-order chi connectivity index (χ1) is 13.7. The first-order valence-corrected chi connectivity index (χ1v) is 10.6. The molecule has 0 amide bonds. The van der Waals surface area contributed by atoms with Crippen LogP contribution >= 0.6 is 0 Å². The molecule has 6 heteroatoms. The van der Waals surface area contributed by atoms with Crippen LogP contribution in [0.4, 0.5) is 0 Å². The van der Waals surface area contributed by atoms with E-state index in [0.717, 1.165) is 71.3 Å². The van der Waals surface area contributed by atoms with Gasteiger partial charge in [-0.05, 0) is 45.8 Å². The van der Waals surface area contributed by atoms with Crippen molar-refractivity contribution in [2.75, 3.05) is 60.2 Å². The molecule has 28 heavy (non-hydrogen) atoms.